The highest BCUT2D eigenvalue weighted by Gasteiger charge is 2.34. The fraction of sp³-hybridized carbons (Fsp3) is 0.650. The second-order valence-electron chi connectivity index (χ2n) is 8.14. The van der Waals surface area contributed by atoms with E-state index in [1.165, 1.54) is 15.4 Å². The summed E-state index contributed by atoms with van der Waals surface area (Å²) in [4.78, 5) is 15.0. The standard InChI is InChI=1S/C20H29N3O3S/c21-18-6-2-5-17(13-18)20(24)22-9-11-23(12-10-22)27(25,26)19-8-7-15-3-1-4-16(15)14-19/h7-8,14,17-18H,1-6,9-13,21H2. The van der Waals surface area contributed by atoms with Gasteiger partial charge < -0.3 is 10.6 Å². The predicted molar refractivity (Wildman–Crippen MR) is 104 cm³/mol. The zero-order valence-electron chi connectivity index (χ0n) is 15.8. The van der Waals surface area contributed by atoms with Crippen LogP contribution >= 0.6 is 0 Å². The number of piperazine rings is 1. The van der Waals surface area contributed by atoms with Gasteiger partial charge in [-0.2, -0.15) is 4.31 Å². The van der Waals surface area contributed by atoms with Gasteiger partial charge in [-0.05, 0) is 61.8 Å². The van der Waals surface area contributed by atoms with Crippen LogP contribution in [0.5, 0.6) is 0 Å². The summed E-state index contributed by atoms with van der Waals surface area (Å²) in [6.07, 6.45) is 6.77. The van der Waals surface area contributed by atoms with Crippen LogP contribution in [-0.2, 0) is 27.7 Å². The molecular weight excluding hydrogens is 362 g/mol. The van der Waals surface area contributed by atoms with E-state index in [1.807, 2.05) is 17.0 Å². The van der Waals surface area contributed by atoms with Crippen molar-refractivity contribution in [3.05, 3.63) is 29.3 Å². The lowest BCUT2D eigenvalue weighted by Gasteiger charge is -2.37. The van der Waals surface area contributed by atoms with Gasteiger partial charge in [-0.15, -0.1) is 0 Å². The molecule has 1 heterocycles. The van der Waals surface area contributed by atoms with E-state index in [2.05, 4.69) is 0 Å². The molecule has 2 atom stereocenters. The van der Waals surface area contributed by atoms with Crippen LogP contribution in [0.4, 0.5) is 0 Å². The largest absolute Gasteiger partial charge is 0.340 e. The molecule has 1 aliphatic heterocycles. The maximum absolute atomic E-state index is 13.0. The van der Waals surface area contributed by atoms with Crippen LogP contribution in [0.3, 0.4) is 0 Å². The van der Waals surface area contributed by atoms with Gasteiger partial charge in [0.05, 0.1) is 4.90 Å². The van der Waals surface area contributed by atoms with Gasteiger partial charge in [-0.1, -0.05) is 12.5 Å². The van der Waals surface area contributed by atoms with E-state index < -0.39 is 10.0 Å². The van der Waals surface area contributed by atoms with Gasteiger partial charge in [0.25, 0.3) is 0 Å². The summed E-state index contributed by atoms with van der Waals surface area (Å²) in [6, 6.07) is 5.66. The summed E-state index contributed by atoms with van der Waals surface area (Å²) in [6.45, 7) is 1.66. The van der Waals surface area contributed by atoms with E-state index in [-0.39, 0.29) is 17.9 Å². The maximum Gasteiger partial charge on any atom is 0.243 e. The molecule has 4 rings (SSSR count). The molecule has 2 N–H and O–H groups in total. The van der Waals surface area contributed by atoms with Crippen molar-refractivity contribution in [2.45, 2.75) is 55.9 Å². The van der Waals surface area contributed by atoms with Gasteiger partial charge in [0.2, 0.25) is 15.9 Å². The number of carbonyl (C=O) groups is 1. The highest BCUT2D eigenvalue weighted by Crippen LogP contribution is 2.28. The molecule has 148 valence electrons. The van der Waals surface area contributed by atoms with Gasteiger partial charge in [-0.3, -0.25) is 4.79 Å². The normalized spacial score (nSPS) is 26.8. The van der Waals surface area contributed by atoms with E-state index in [0.29, 0.717) is 31.1 Å². The summed E-state index contributed by atoms with van der Waals surface area (Å²) >= 11 is 0. The molecular formula is C20H29N3O3S. The number of benzene rings is 1. The van der Waals surface area contributed by atoms with Gasteiger partial charge in [-0.25, -0.2) is 8.42 Å². The molecule has 3 aliphatic rings. The first-order chi connectivity index (χ1) is 12.9. The topological polar surface area (TPSA) is 83.7 Å². The van der Waals surface area contributed by atoms with E-state index in [9.17, 15) is 13.2 Å². The number of amides is 1. The first-order valence-corrected chi connectivity index (χ1v) is 11.6. The van der Waals surface area contributed by atoms with E-state index in [0.717, 1.165) is 44.9 Å². The molecule has 27 heavy (non-hydrogen) atoms. The van der Waals surface area contributed by atoms with Crippen LogP contribution < -0.4 is 5.73 Å². The Kier molecular flexibility index (Phi) is 5.27. The van der Waals surface area contributed by atoms with Crippen molar-refractivity contribution < 1.29 is 13.2 Å². The van der Waals surface area contributed by atoms with Crippen molar-refractivity contribution in [3.8, 4) is 0 Å². The lowest BCUT2D eigenvalue weighted by atomic mass is 9.85. The molecule has 1 saturated heterocycles. The summed E-state index contributed by atoms with van der Waals surface area (Å²) in [5, 5.41) is 0. The van der Waals surface area contributed by atoms with Crippen molar-refractivity contribution in [1.82, 2.24) is 9.21 Å². The van der Waals surface area contributed by atoms with E-state index in [4.69, 9.17) is 5.73 Å². The maximum atomic E-state index is 13.0. The Morgan fingerprint density at radius 1 is 1.00 bits per heavy atom. The number of aryl methyl sites for hydroxylation is 2. The molecule has 0 bridgehead atoms. The third-order valence-electron chi connectivity index (χ3n) is 6.32. The molecule has 0 spiro atoms. The summed E-state index contributed by atoms with van der Waals surface area (Å²) < 4.78 is 27.6. The highest BCUT2D eigenvalue weighted by molar-refractivity contribution is 7.89. The first-order valence-electron chi connectivity index (χ1n) is 10.1. The lowest BCUT2D eigenvalue weighted by Crippen LogP contribution is -2.52. The van der Waals surface area contributed by atoms with Crippen molar-refractivity contribution >= 4 is 15.9 Å². The van der Waals surface area contributed by atoms with Crippen LogP contribution in [0.1, 0.15) is 43.2 Å². The number of hydrogen-bond donors (Lipinski definition) is 1. The molecule has 0 radical (unpaired) electrons. The molecule has 2 fully saturated rings. The quantitative estimate of drug-likeness (QED) is 0.847. The van der Waals surface area contributed by atoms with Crippen molar-refractivity contribution in [2.75, 3.05) is 26.2 Å². The smallest absolute Gasteiger partial charge is 0.243 e. The molecule has 1 saturated carbocycles. The van der Waals surface area contributed by atoms with Gasteiger partial charge in [0.1, 0.15) is 0 Å². The first kappa shape index (κ1) is 18.9. The Hall–Kier alpha value is -1.44. The zero-order chi connectivity index (χ0) is 19.0. The lowest BCUT2D eigenvalue weighted by molar-refractivity contribution is -0.137. The minimum Gasteiger partial charge on any atom is -0.340 e. The van der Waals surface area contributed by atoms with Gasteiger partial charge >= 0.3 is 0 Å². The number of rotatable bonds is 3. The number of fused-ring (bicyclic) bond motifs is 1. The monoisotopic (exact) mass is 391 g/mol. The van der Waals surface area contributed by atoms with Crippen molar-refractivity contribution in [3.63, 3.8) is 0 Å². The fourth-order valence-corrected chi connectivity index (χ4v) is 6.19. The van der Waals surface area contributed by atoms with E-state index in [1.54, 1.807) is 6.07 Å². The second-order valence-corrected chi connectivity index (χ2v) is 10.1. The number of sulfonamides is 1. The van der Waals surface area contributed by atoms with E-state index >= 15 is 0 Å². The number of nitrogens with two attached hydrogens (primary N) is 1. The van der Waals surface area contributed by atoms with Crippen LogP contribution in [0.15, 0.2) is 23.1 Å². The van der Waals surface area contributed by atoms with Gasteiger partial charge in [0, 0.05) is 38.1 Å². The minimum absolute atomic E-state index is 0.00798. The molecule has 1 aromatic carbocycles. The molecule has 1 amide bonds. The minimum atomic E-state index is -3.49. The molecule has 7 heteroatoms. The van der Waals surface area contributed by atoms with Gasteiger partial charge in [0.15, 0.2) is 0 Å². The van der Waals surface area contributed by atoms with Crippen LogP contribution in [0.2, 0.25) is 0 Å². The molecule has 6 nitrogen and oxygen atoms in total. The van der Waals surface area contributed by atoms with Crippen LogP contribution in [0, 0.1) is 5.92 Å². The van der Waals surface area contributed by atoms with Crippen molar-refractivity contribution in [1.29, 1.82) is 0 Å². The van der Waals surface area contributed by atoms with Crippen LogP contribution in [0.25, 0.3) is 0 Å². The highest BCUT2D eigenvalue weighted by atomic mass is 32.2. The molecule has 2 aliphatic carbocycles. The number of hydrogen-bond acceptors (Lipinski definition) is 4. The second kappa shape index (κ2) is 7.53. The third kappa shape index (κ3) is 3.77. The fourth-order valence-electron chi connectivity index (χ4n) is 4.72. The summed E-state index contributed by atoms with van der Waals surface area (Å²) in [7, 11) is -3.49. The molecule has 1 aromatic rings. The average Bonchev–Trinajstić information content (AvgIpc) is 3.15. The Bertz CT molecular complexity index is 816. The Morgan fingerprint density at radius 3 is 2.48 bits per heavy atom. The number of nitrogens with zero attached hydrogens (tertiary/aromatic N) is 2. The molecule has 2 unspecified atom stereocenters. The predicted octanol–water partition coefficient (Wildman–Crippen LogP) is 1.53. The zero-order valence-corrected chi connectivity index (χ0v) is 16.6. The average molecular weight is 392 g/mol. The Balaban J connectivity index is 1.40. The van der Waals surface area contributed by atoms with Crippen LogP contribution in [-0.4, -0.2) is 55.8 Å². The SMILES string of the molecule is NC1CCCC(C(=O)N2CCN(S(=O)(=O)c3ccc4c(c3)CCC4)CC2)C1. The summed E-state index contributed by atoms with van der Waals surface area (Å²) in [5.74, 6) is 0.161. The number of carbonyl (C=O) groups excluding carboxylic acids is 1. The Morgan fingerprint density at radius 2 is 1.74 bits per heavy atom. The summed E-state index contributed by atoms with van der Waals surface area (Å²) in [5.41, 5.74) is 8.45. The molecule has 0 aromatic heterocycles. The van der Waals surface area contributed by atoms with Crippen molar-refractivity contribution in [2.24, 2.45) is 11.7 Å². The third-order valence-corrected chi connectivity index (χ3v) is 8.22. The Labute approximate surface area is 161 Å².